The van der Waals surface area contributed by atoms with Gasteiger partial charge in [-0.3, -0.25) is 0 Å². The molecule has 0 N–H and O–H groups in total. The fraction of sp³-hybridized carbons (Fsp3) is 1.00. The summed E-state index contributed by atoms with van der Waals surface area (Å²) < 4.78 is 0. The first-order valence-corrected chi connectivity index (χ1v) is 3.61. The van der Waals surface area contributed by atoms with E-state index in [1.54, 1.807) is 0 Å². The van der Waals surface area contributed by atoms with E-state index in [-0.39, 0.29) is 0 Å². The minimum atomic E-state index is 0.771. The zero-order chi connectivity index (χ0) is 7.28. The van der Waals surface area contributed by atoms with E-state index in [1.807, 2.05) is 0 Å². The molecule has 0 spiro atoms. The van der Waals surface area contributed by atoms with Crippen LogP contribution in [0.1, 0.15) is 13.3 Å². The second-order valence-corrected chi connectivity index (χ2v) is 2.90. The molecule has 0 aromatic carbocycles. The highest BCUT2D eigenvalue weighted by Crippen LogP contribution is 2.06. The van der Waals surface area contributed by atoms with Gasteiger partial charge in [-0.15, -0.1) is 0 Å². The highest BCUT2D eigenvalue weighted by molar-refractivity contribution is 6.35. The van der Waals surface area contributed by atoms with Crippen molar-refractivity contribution in [2.24, 2.45) is 0 Å². The van der Waals surface area contributed by atoms with Gasteiger partial charge in [-0.2, -0.15) is 0 Å². The first-order chi connectivity index (χ1) is 4.16. The molecule has 1 radical (unpaired) electrons. The summed E-state index contributed by atoms with van der Waals surface area (Å²) in [6.07, 6.45) is 1.28. The molecule has 0 saturated carbocycles. The Morgan fingerprint density at radius 3 is 2.33 bits per heavy atom. The van der Waals surface area contributed by atoms with Crippen LogP contribution in [0.25, 0.3) is 0 Å². The molecule has 2 heteroatoms. The lowest BCUT2D eigenvalue weighted by molar-refractivity contribution is 0.397. The van der Waals surface area contributed by atoms with Gasteiger partial charge < -0.3 is 4.90 Å². The fourth-order valence-corrected chi connectivity index (χ4v) is 0.629. The lowest BCUT2D eigenvalue weighted by atomic mass is 9.66. The normalized spacial score (nSPS) is 13.9. The van der Waals surface area contributed by atoms with Crippen molar-refractivity contribution >= 4 is 7.28 Å². The minimum Gasteiger partial charge on any atom is -0.309 e. The fourth-order valence-electron chi connectivity index (χ4n) is 0.629. The van der Waals surface area contributed by atoms with Gasteiger partial charge in [-0.05, 0) is 27.1 Å². The van der Waals surface area contributed by atoms with Gasteiger partial charge in [0.2, 0.25) is 0 Å². The van der Waals surface area contributed by atoms with Crippen LogP contribution in [0.3, 0.4) is 0 Å². The van der Waals surface area contributed by atoms with Crippen molar-refractivity contribution in [2.45, 2.75) is 26.0 Å². The highest BCUT2D eigenvalue weighted by atomic mass is 15.0. The average molecular weight is 126 g/mol. The van der Waals surface area contributed by atoms with Crippen molar-refractivity contribution in [3.8, 4) is 0 Å². The van der Waals surface area contributed by atoms with E-state index in [2.05, 4.69) is 40.0 Å². The molecule has 1 nitrogen and oxygen atoms in total. The van der Waals surface area contributed by atoms with Crippen molar-refractivity contribution < 1.29 is 0 Å². The van der Waals surface area contributed by atoms with Crippen molar-refractivity contribution in [3.63, 3.8) is 0 Å². The molecular weight excluding hydrogens is 109 g/mol. The van der Waals surface area contributed by atoms with Crippen molar-refractivity contribution in [2.75, 3.05) is 20.6 Å². The average Bonchev–Trinajstić information content (AvgIpc) is 1.83. The molecule has 0 aliphatic carbocycles. The van der Waals surface area contributed by atoms with Gasteiger partial charge in [0.05, 0.1) is 0 Å². The number of hydrogen-bond donors (Lipinski definition) is 0. The van der Waals surface area contributed by atoms with Gasteiger partial charge in [0.25, 0.3) is 0 Å². The summed E-state index contributed by atoms with van der Waals surface area (Å²) in [4.78, 5) is 2.22. The lowest BCUT2D eigenvalue weighted by Crippen LogP contribution is -2.15. The Morgan fingerprint density at radius 1 is 1.44 bits per heavy atom. The maximum absolute atomic E-state index is 2.25. The van der Waals surface area contributed by atoms with Gasteiger partial charge in [0.15, 0.2) is 0 Å². The summed E-state index contributed by atoms with van der Waals surface area (Å²) in [5, 5.41) is 0. The summed E-state index contributed by atoms with van der Waals surface area (Å²) in [7, 11) is 6.48. The Hall–Kier alpha value is 0.0249. The maximum atomic E-state index is 2.25. The third kappa shape index (κ3) is 5.90. The smallest absolute Gasteiger partial charge is 0.109 e. The maximum Gasteiger partial charge on any atom is 0.109 e. The molecule has 0 aromatic heterocycles. The number of rotatable bonds is 4. The van der Waals surface area contributed by atoms with Crippen LogP contribution in [0, 0.1) is 0 Å². The third-order valence-electron chi connectivity index (χ3n) is 1.60. The minimum absolute atomic E-state index is 0.771. The van der Waals surface area contributed by atoms with E-state index in [0.29, 0.717) is 0 Å². The number of nitrogens with zero attached hydrogens (tertiary/aromatic N) is 1. The standard InChI is InChI=1S/C7H17BN/c1-7(8-2)5-6-9(3)4/h7H,5-6H2,1-4H3. The van der Waals surface area contributed by atoms with Crippen LogP contribution in [-0.4, -0.2) is 32.8 Å². The molecular formula is C7H17BN. The molecule has 0 heterocycles. The molecule has 0 bridgehead atoms. The van der Waals surface area contributed by atoms with Gasteiger partial charge >= 0.3 is 0 Å². The van der Waals surface area contributed by atoms with E-state index in [0.717, 1.165) is 5.82 Å². The summed E-state index contributed by atoms with van der Waals surface area (Å²) >= 11 is 0. The predicted octanol–water partition coefficient (Wildman–Crippen LogP) is 1.50. The lowest BCUT2D eigenvalue weighted by Gasteiger charge is -2.12. The van der Waals surface area contributed by atoms with Crippen LogP contribution < -0.4 is 0 Å². The van der Waals surface area contributed by atoms with Gasteiger partial charge in [-0.1, -0.05) is 19.6 Å². The molecule has 0 rings (SSSR count). The Morgan fingerprint density at radius 2 is 2.00 bits per heavy atom. The molecule has 0 fully saturated rings. The second kappa shape index (κ2) is 4.86. The van der Waals surface area contributed by atoms with Crippen LogP contribution >= 0.6 is 0 Å². The summed E-state index contributed by atoms with van der Waals surface area (Å²) in [6, 6.07) is 0. The highest BCUT2D eigenvalue weighted by Gasteiger charge is 1.98. The molecule has 53 valence electrons. The van der Waals surface area contributed by atoms with Gasteiger partial charge in [-0.25, -0.2) is 0 Å². The zero-order valence-electron chi connectivity index (χ0n) is 7.02. The van der Waals surface area contributed by atoms with Gasteiger partial charge in [0, 0.05) is 0 Å². The molecule has 0 aliphatic heterocycles. The molecule has 0 aliphatic rings. The Labute approximate surface area is 59.7 Å². The Kier molecular flexibility index (Phi) is 4.88. The zero-order valence-corrected chi connectivity index (χ0v) is 7.02. The van der Waals surface area contributed by atoms with Crippen LogP contribution in [0.2, 0.25) is 12.6 Å². The summed E-state index contributed by atoms with van der Waals surface area (Å²) in [5.74, 6) is 0.771. The Balaban J connectivity index is 3.06. The SMILES string of the molecule is C[B]C(C)CCN(C)C. The van der Waals surface area contributed by atoms with Crippen LogP contribution in [-0.2, 0) is 0 Å². The first kappa shape index (κ1) is 9.02. The van der Waals surface area contributed by atoms with E-state index in [4.69, 9.17) is 0 Å². The third-order valence-corrected chi connectivity index (χ3v) is 1.60. The summed E-state index contributed by atoms with van der Waals surface area (Å²) in [6.45, 7) is 5.58. The molecule has 1 atom stereocenters. The van der Waals surface area contributed by atoms with E-state index < -0.39 is 0 Å². The quantitative estimate of drug-likeness (QED) is 0.516. The molecule has 9 heavy (non-hydrogen) atoms. The topological polar surface area (TPSA) is 3.24 Å². The largest absolute Gasteiger partial charge is 0.309 e. The molecule has 0 aromatic rings. The van der Waals surface area contributed by atoms with Crippen LogP contribution in [0.15, 0.2) is 0 Å². The number of hydrogen-bond acceptors (Lipinski definition) is 1. The van der Waals surface area contributed by atoms with Gasteiger partial charge in [0.1, 0.15) is 7.28 Å². The van der Waals surface area contributed by atoms with Crippen molar-refractivity contribution in [1.82, 2.24) is 4.90 Å². The molecule has 0 amide bonds. The van der Waals surface area contributed by atoms with E-state index >= 15 is 0 Å². The van der Waals surface area contributed by atoms with E-state index in [9.17, 15) is 0 Å². The second-order valence-electron chi connectivity index (χ2n) is 2.90. The summed E-state index contributed by atoms with van der Waals surface area (Å²) in [5.41, 5.74) is 0. The predicted molar refractivity (Wildman–Crippen MR) is 44.2 cm³/mol. The van der Waals surface area contributed by atoms with Crippen LogP contribution in [0.4, 0.5) is 0 Å². The van der Waals surface area contributed by atoms with Crippen molar-refractivity contribution in [3.05, 3.63) is 0 Å². The Bertz CT molecular complexity index is 63.9. The molecule has 0 saturated heterocycles. The van der Waals surface area contributed by atoms with Crippen molar-refractivity contribution in [1.29, 1.82) is 0 Å². The molecule has 1 unspecified atom stereocenters. The monoisotopic (exact) mass is 126 g/mol. The van der Waals surface area contributed by atoms with E-state index in [1.165, 1.54) is 13.0 Å². The first-order valence-electron chi connectivity index (χ1n) is 3.61. The van der Waals surface area contributed by atoms with Crippen LogP contribution in [0.5, 0.6) is 0 Å².